The molecule has 0 aliphatic heterocycles. The number of terminal acetylenes is 1. The van der Waals surface area contributed by atoms with Crippen LogP contribution >= 0.6 is 11.6 Å². The minimum Gasteiger partial charge on any atom is -0.387 e. The Kier molecular flexibility index (Phi) is 3.36. The summed E-state index contributed by atoms with van der Waals surface area (Å²) in [5.41, 5.74) is 1.82. The molecule has 1 nitrogen and oxygen atoms in total. The second kappa shape index (κ2) is 4.32. The van der Waals surface area contributed by atoms with Crippen LogP contribution in [0.1, 0.15) is 23.7 Å². The van der Waals surface area contributed by atoms with Gasteiger partial charge in [0.05, 0.1) is 6.10 Å². The minimum atomic E-state index is -0.608. The van der Waals surface area contributed by atoms with E-state index in [1.54, 1.807) is 12.1 Å². The van der Waals surface area contributed by atoms with E-state index in [0.29, 0.717) is 11.4 Å². The third kappa shape index (κ3) is 2.48. The van der Waals surface area contributed by atoms with E-state index in [-0.39, 0.29) is 0 Å². The third-order valence-corrected chi connectivity index (χ3v) is 2.15. The Bertz CT molecular complexity index is 338. The Balaban J connectivity index is 3.00. The molecular formula is C11H11ClO. The van der Waals surface area contributed by atoms with E-state index in [4.69, 9.17) is 18.0 Å². The van der Waals surface area contributed by atoms with Crippen LogP contribution in [0.2, 0.25) is 5.02 Å². The van der Waals surface area contributed by atoms with Gasteiger partial charge >= 0.3 is 0 Å². The van der Waals surface area contributed by atoms with Gasteiger partial charge in [0.15, 0.2) is 0 Å². The van der Waals surface area contributed by atoms with Crippen LogP contribution in [0.4, 0.5) is 0 Å². The van der Waals surface area contributed by atoms with Gasteiger partial charge in [-0.25, -0.2) is 0 Å². The van der Waals surface area contributed by atoms with Gasteiger partial charge in [-0.2, -0.15) is 0 Å². The Morgan fingerprint density at radius 1 is 1.62 bits per heavy atom. The highest BCUT2D eigenvalue weighted by molar-refractivity contribution is 6.30. The lowest BCUT2D eigenvalue weighted by molar-refractivity contribution is 0.183. The van der Waals surface area contributed by atoms with E-state index in [9.17, 15) is 5.11 Å². The van der Waals surface area contributed by atoms with Crippen molar-refractivity contribution in [2.45, 2.75) is 19.4 Å². The van der Waals surface area contributed by atoms with Crippen molar-refractivity contribution in [2.75, 3.05) is 0 Å². The molecule has 1 N–H and O–H groups in total. The molecule has 13 heavy (non-hydrogen) atoms. The summed E-state index contributed by atoms with van der Waals surface area (Å²) in [5.74, 6) is 2.42. The van der Waals surface area contributed by atoms with Crippen molar-refractivity contribution in [3.63, 3.8) is 0 Å². The fraction of sp³-hybridized carbons (Fsp3) is 0.273. The van der Waals surface area contributed by atoms with Crippen molar-refractivity contribution in [1.82, 2.24) is 0 Å². The molecular weight excluding hydrogens is 184 g/mol. The van der Waals surface area contributed by atoms with Crippen molar-refractivity contribution in [3.05, 3.63) is 34.3 Å². The van der Waals surface area contributed by atoms with E-state index in [2.05, 4.69) is 5.92 Å². The molecule has 0 aromatic heterocycles. The number of aliphatic hydroxyl groups is 1. The second-order valence-corrected chi connectivity index (χ2v) is 3.36. The molecule has 1 aromatic rings. The topological polar surface area (TPSA) is 20.2 Å². The van der Waals surface area contributed by atoms with E-state index in [1.807, 2.05) is 13.0 Å². The normalized spacial score (nSPS) is 12.2. The molecule has 0 saturated carbocycles. The number of hydrogen-bond donors (Lipinski definition) is 1. The zero-order valence-electron chi connectivity index (χ0n) is 7.42. The van der Waals surface area contributed by atoms with Crippen molar-refractivity contribution in [2.24, 2.45) is 0 Å². The zero-order valence-corrected chi connectivity index (χ0v) is 8.17. The van der Waals surface area contributed by atoms with Gasteiger partial charge in [-0.15, -0.1) is 12.3 Å². The maximum Gasteiger partial charge on any atom is 0.0902 e. The van der Waals surface area contributed by atoms with E-state index in [0.717, 1.165) is 11.1 Å². The number of aliphatic hydroxyl groups excluding tert-OH is 1. The van der Waals surface area contributed by atoms with Gasteiger partial charge in [0.2, 0.25) is 0 Å². The highest BCUT2D eigenvalue weighted by Gasteiger charge is 2.08. The van der Waals surface area contributed by atoms with Gasteiger partial charge in [0.1, 0.15) is 0 Å². The summed E-state index contributed by atoms with van der Waals surface area (Å²) < 4.78 is 0. The summed E-state index contributed by atoms with van der Waals surface area (Å²) in [4.78, 5) is 0. The Morgan fingerprint density at radius 3 is 2.92 bits per heavy atom. The lowest BCUT2D eigenvalue weighted by Crippen LogP contribution is -1.98. The average molecular weight is 195 g/mol. The fourth-order valence-corrected chi connectivity index (χ4v) is 1.37. The number of hydrogen-bond acceptors (Lipinski definition) is 1. The van der Waals surface area contributed by atoms with Crippen molar-refractivity contribution in [3.8, 4) is 12.3 Å². The van der Waals surface area contributed by atoms with Crippen LogP contribution < -0.4 is 0 Å². The summed E-state index contributed by atoms with van der Waals surface area (Å²) in [6.07, 6.45) is 4.82. The van der Waals surface area contributed by atoms with E-state index < -0.39 is 6.10 Å². The van der Waals surface area contributed by atoms with Gasteiger partial charge in [0.25, 0.3) is 0 Å². The predicted octanol–water partition coefficient (Wildman–Crippen LogP) is 2.71. The van der Waals surface area contributed by atoms with Crippen molar-refractivity contribution >= 4 is 11.6 Å². The van der Waals surface area contributed by atoms with Crippen LogP contribution in [0.5, 0.6) is 0 Å². The van der Waals surface area contributed by atoms with Gasteiger partial charge in [-0.1, -0.05) is 17.7 Å². The number of halogens is 1. The monoisotopic (exact) mass is 194 g/mol. The molecule has 1 atom stereocenters. The molecule has 1 rings (SSSR count). The van der Waals surface area contributed by atoms with Gasteiger partial charge < -0.3 is 5.11 Å². The standard InChI is InChI=1S/C11H11ClO/c1-3-4-11(13)10-7-9(12)6-5-8(10)2/h1,5-7,11,13H,4H2,2H3. The maximum absolute atomic E-state index is 9.62. The number of aryl methyl sites for hydroxylation is 1. The van der Waals surface area contributed by atoms with Crippen LogP contribution in [0, 0.1) is 19.3 Å². The smallest absolute Gasteiger partial charge is 0.0902 e. The average Bonchev–Trinajstić information content (AvgIpc) is 2.09. The first kappa shape index (κ1) is 10.1. The van der Waals surface area contributed by atoms with E-state index in [1.165, 1.54) is 0 Å². The van der Waals surface area contributed by atoms with Gasteiger partial charge in [-0.3, -0.25) is 0 Å². The lowest BCUT2D eigenvalue weighted by atomic mass is 10.0. The molecule has 0 aliphatic carbocycles. The lowest BCUT2D eigenvalue weighted by Gasteiger charge is -2.10. The Labute approximate surface area is 83.4 Å². The molecule has 0 radical (unpaired) electrons. The van der Waals surface area contributed by atoms with Gasteiger partial charge in [-0.05, 0) is 30.2 Å². The number of rotatable bonds is 2. The highest BCUT2D eigenvalue weighted by atomic mass is 35.5. The molecule has 0 bridgehead atoms. The molecule has 0 spiro atoms. The molecule has 0 amide bonds. The van der Waals surface area contributed by atoms with Crippen LogP contribution in [-0.2, 0) is 0 Å². The minimum absolute atomic E-state index is 0.321. The first-order valence-corrected chi connectivity index (χ1v) is 4.40. The molecule has 68 valence electrons. The SMILES string of the molecule is C#CCC(O)c1cc(Cl)ccc1C. The largest absolute Gasteiger partial charge is 0.387 e. The van der Waals surface area contributed by atoms with Crippen LogP contribution in [0.3, 0.4) is 0 Å². The zero-order chi connectivity index (χ0) is 9.84. The maximum atomic E-state index is 9.62. The summed E-state index contributed by atoms with van der Waals surface area (Å²) in [5, 5.41) is 10.2. The molecule has 0 aliphatic rings. The van der Waals surface area contributed by atoms with Crippen molar-refractivity contribution < 1.29 is 5.11 Å². The summed E-state index contributed by atoms with van der Waals surface area (Å²) >= 11 is 5.80. The van der Waals surface area contributed by atoms with E-state index >= 15 is 0 Å². The highest BCUT2D eigenvalue weighted by Crippen LogP contribution is 2.23. The molecule has 0 saturated heterocycles. The van der Waals surface area contributed by atoms with Crippen LogP contribution in [0.25, 0.3) is 0 Å². The summed E-state index contributed by atoms with van der Waals surface area (Å²) in [6.45, 7) is 1.92. The molecule has 0 fully saturated rings. The first-order chi connectivity index (χ1) is 6.15. The molecule has 1 aromatic carbocycles. The summed E-state index contributed by atoms with van der Waals surface area (Å²) in [7, 11) is 0. The van der Waals surface area contributed by atoms with Crippen molar-refractivity contribution in [1.29, 1.82) is 0 Å². The molecule has 2 heteroatoms. The van der Waals surface area contributed by atoms with Crippen LogP contribution in [0.15, 0.2) is 18.2 Å². The molecule has 1 unspecified atom stereocenters. The van der Waals surface area contributed by atoms with Crippen LogP contribution in [-0.4, -0.2) is 5.11 Å². The Hall–Kier alpha value is -0.970. The van der Waals surface area contributed by atoms with Gasteiger partial charge in [0, 0.05) is 11.4 Å². The summed E-state index contributed by atoms with van der Waals surface area (Å²) in [6, 6.07) is 5.42. The Morgan fingerprint density at radius 2 is 2.31 bits per heavy atom. The predicted molar refractivity (Wildman–Crippen MR) is 54.6 cm³/mol. The second-order valence-electron chi connectivity index (χ2n) is 2.92. The first-order valence-electron chi connectivity index (χ1n) is 4.02. The molecule has 0 heterocycles. The third-order valence-electron chi connectivity index (χ3n) is 1.91. The quantitative estimate of drug-likeness (QED) is 0.718. The number of benzene rings is 1. The fourth-order valence-electron chi connectivity index (χ4n) is 1.19.